The van der Waals surface area contributed by atoms with Gasteiger partial charge in [-0.15, -0.1) is 10.2 Å². The van der Waals surface area contributed by atoms with Crippen molar-refractivity contribution in [3.63, 3.8) is 0 Å². The zero-order valence-corrected chi connectivity index (χ0v) is 24.4. The van der Waals surface area contributed by atoms with E-state index in [0.717, 1.165) is 81.7 Å². The third-order valence-electron chi connectivity index (χ3n) is 8.69. The van der Waals surface area contributed by atoms with E-state index >= 15 is 0 Å². The lowest BCUT2D eigenvalue weighted by Gasteiger charge is -2.38. The fourth-order valence-corrected chi connectivity index (χ4v) is 6.33. The highest BCUT2D eigenvalue weighted by Gasteiger charge is 2.32. The zero-order chi connectivity index (χ0) is 28.7. The van der Waals surface area contributed by atoms with Crippen molar-refractivity contribution in [1.29, 1.82) is 0 Å². The second kappa shape index (κ2) is 13.2. The summed E-state index contributed by atoms with van der Waals surface area (Å²) in [4.78, 5) is 17.3. The number of amides is 1. The summed E-state index contributed by atoms with van der Waals surface area (Å²) < 4.78 is 2.36. The first-order valence-electron chi connectivity index (χ1n) is 15.2. The number of likely N-dealkylation sites (tertiary alicyclic amines) is 1. The third-order valence-corrected chi connectivity index (χ3v) is 8.69. The number of hydrogen-bond donors (Lipinski definition) is 2. The topological polar surface area (TPSA) is 78.8 Å². The molecule has 0 bridgehead atoms. The first kappa shape index (κ1) is 27.9. The van der Waals surface area contributed by atoms with Gasteiger partial charge in [-0.3, -0.25) is 9.69 Å². The number of rotatable bonds is 12. The SMILES string of the molecule is CCc1ccc(Cn2c(CCc3ccccc3)nnc2[C@@H](Cc2c[nH]c3ccccc23)N2CCC[C@H](NC=O)C2)cc1. The first-order valence-corrected chi connectivity index (χ1v) is 15.2. The fraction of sp³-hybridized carbons (Fsp3) is 0.343. The van der Waals surface area contributed by atoms with Crippen molar-refractivity contribution in [1.82, 2.24) is 30.0 Å². The van der Waals surface area contributed by atoms with Crippen molar-refractivity contribution in [3.05, 3.63) is 119 Å². The van der Waals surface area contributed by atoms with Gasteiger partial charge in [0.1, 0.15) is 5.82 Å². The molecule has 1 aliphatic rings. The fourth-order valence-electron chi connectivity index (χ4n) is 6.33. The minimum Gasteiger partial charge on any atom is -0.361 e. The van der Waals surface area contributed by atoms with Gasteiger partial charge in [0.05, 0.1) is 12.6 Å². The average molecular weight is 561 g/mol. The van der Waals surface area contributed by atoms with E-state index in [4.69, 9.17) is 10.2 Å². The number of aromatic amines is 1. The van der Waals surface area contributed by atoms with Crippen LogP contribution in [0.4, 0.5) is 0 Å². The number of aryl methyl sites for hydroxylation is 3. The van der Waals surface area contributed by atoms with Crippen LogP contribution in [0.15, 0.2) is 85.1 Å². The van der Waals surface area contributed by atoms with Crippen LogP contribution >= 0.6 is 0 Å². The van der Waals surface area contributed by atoms with Crippen LogP contribution in [0.25, 0.3) is 10.9 Å². The number of nitrogens with one attached hydrogen (secondary N) is 2. The Morgan fingerprint density at radius 2 is 1.74 bits per heavy atom. The molecule has 3 aromatic carbocycles. The highest BCUT2D eigenvalue weighted by atomic mass is 16.1. The maximum atomic E-state index is 11.4. The molecule has 5 aromatic rings. The molecule has 0 radical (unpaired) electrons. The second-order valence-electron chi connectivity index (χ2n) is 11.4. The quantitative estimate of drug-likeness (QED) is 0.193. The van der Waals surface area contributed by atoms with Gasteiger partial charge in [0.15, 0.2) is 5.82 Å². The molecule has 7 heteroatoms. The Morgan fingerprint density at radius 1 is 0.952 bits per heavy atom. The molecule has 0 saturated carbocycles. The minimum absolute atomic E-state index is 0.0216. The summed E-state index contributed by atoms with van der Waals surface area (Å²) in [6.45, 7) is 4.67. The predicted octanol–water partition coefficient (Wildman–Crippen LogP) is 5.65. The summed E-state index contributed by atoms with van der Waals surface area (Å²) in [5, 5.41) is 14.1. The summed E-state index contributed by atoms with van der Waals surface area (Å²) in [6.07, 6.45) is 8.57. The van der Waals surface area contributed by atoms with E-state index in [2.05, 4.69) is 112 Å². The Balaban J connectivity index is 1.39. The predicted molar refractivity (Wildman–Crippen MR) is 167 cm³/mol. The van der Waals surface area contributed by atoms with Gasteiger partial charge in [-0.1, -0.05) is 79.7 Å². The molecule has 6 rings (SSSR count). The van der Waals surface area contributed by atoms with Gasteiger partial charge >= 0.3 is 0 Å². The van der Waals surface area contributed by atoms with Crippen LogP contribution in [0, 0.1) is 0 Å². The molecule has 2 aromatic heterocycles. The van der Waals surface area contributed by atoms with Gasteiger partial charge in [0, 0.05) is 36.1 Å². The Kier molecular flexibility index (Phi) is 8.75. The third kappa shape index (κ3) is 6.31. The van der Waals surface area contributed by atoms with Crippen molar-refractivity contribution in [2.75, 3.05) is 13.1 Å². The number of H-pyrrole nitrogens is 1. The lowest BCUT2D eigenvalue weighted by Crippen LogP contribution is -2.47. The van der Waals surface area contributed by atoms with Crippen molar-refractivity contribution in [3.8, 4) is 0 Å². The molecule has 2 N–H and O–H groups in total. The molecule has 0 aliphatic carbocycles. The normalized spacial score (nSPS) is 16.5. The smallest absolute Gasteiger partial charge is 0.207 e. The van der Waals surface area contributed by atoms with E-state index in [1.165, 1.54) is 27.6 Å². The maximum absolute atomic E-state index is 11.4. The highest BCUT2D eigenvalue weighted by molar-refractivity contribution is 5.83. The van der Waals surface area contributed by atoms with Crippen LogP contribution in [0.1, 0.15) is 59.7 Å². The lowest BCUT2D eigenvalue weighted by molar-refractivity contribution is -0.110. The van der Waals surface area contributed by atoms with Gasteiger partial charge in [0.2, 0.25) is 6.41 Å². The van der Waals surface area contributed by atoms with Crippen LogP contribution in [-0.2, 0) is 37.0 Å². The first-order chi connectivity index (χ1) is 20.7. The van der Waals surface area contributed by atoms with Crippen LogP contribution in [0.2, 0.25) is 0 Å². The van der Waals surface area contributed by atoms with Crippen molar-refractivity contribution in [2.45, 2.75) is 64.1 Å². The number of aromatic nitrogens is 4. The molecular formula is C35H40N6O. The lowest BCUT2D eigenvalue weighted by atomic mass is 9.98. The van der Waals surface area contributed by atoms with E-state index < -0.39 is 0 Å². The Labute approximate surface area is 248 Å². The zero-order valence-electron chi connectivity index (χ0n) is 24.4. The van der Waals surface area contributed by atoms with Crippen LogP contribution in [0.3, 0.4) is 0 Å². The molecule has 1 aliphatic heterocycles. The summed E-state index contributed by atoms with van der Waals surface area (Å²) in [6, 6.07) is 28.2. The number of benzene rings is 3. The van der Waals surface area contributed by atoms with Crippen molar-refractivity contribution >= 4 is 17.3 Å². The summed E-state index contributed by atoms with van der Waals surface area (Å²) >= 11 is 0. The maximum Gasteiger partial charge on any atom is 0.207 e. The van der Waals surface area contributed by atoms with E-state index in [1.54, 1.807) is 0 Å². The molecule has 216 valence electrons. The number of hydrogen-bond acceptors (Lipinski definition) is 4. The van der Waals surface area contributed by atoms with Crippen molar-refractivity contribution < 1.29 is 4.79 Å². The Hall–Kier alpha value is -4.23. The molecule has 2 atom stereocenters. The molecule has 7 nitrogen and oxygen atoms in total. The monoisotopic (exact) mass is 560 g/mol. The Morgan fingerprint density at radius 3 is 2.55 bits per heavy atom. The van der Waals surface area contributed by atoms with E-state index in [1.807, 2.05) is 0 Å². The number of para-hydroxylation sites is 1. The second-order valence-corrected chi connectivity index (χ2v) is 11.4. The summed E-state index contributed by atoms with van der Waals surface area (Å²) in [7, 11) is 0. The van der Waals surface area contributed by atoms with Gasteiger partial charge in [-0.05, 0) is 67.0 Å². The summed E-state index contributed by atoms with van der Waals surface area (Å²) in [5.41, 5.74) is 6.31. The van der Waals surface area contributed by atoms with E-state index in [9.17, 15) is 4.79 Å². The van der Waals surface area contributed by atoms with Gasteiger partial charge in [0.25, 0.3) is 0 Å². The van der Waals surface area contributed by atoms with Crippen molar-refractivity contribution in [2.24, 2.45) is 0 Å². The average Bonchev–Trinajstić information content (AvgIpc) is 3.63. The minimum atomic E-state index is 0.0216. The molecule has 3 heterocycles. The molecule has 0 unspecified atom stereocenters. The number of nitrogens with zero attached hydrogens (tertiary/aromatic N) is 4. The number of piperidine rings is 1. The molecule has 1 amide bonds. The standard InChI is InChI=1S/C35H40N6O/c1-2-26-14-16-28(17-15-26)23-41-34(19-18-27-9-4-3-5-10-27)38-39-35(41)33(40-20-8-11-30(24-40)37-25-42)21-29-22-36-32-13-7-6-12-31(29)32/h3-7,9-10,12-17,22,25,30,33,36H,2,8,11,18-21,23-24H2,1H3,(H,37,42)/t30-,33+/m0/s1. The highest BCUT2D eigenvalue weighted by Crippen LogP contribution is 2.31. The molecule has 42 heavy (non-hydrogen) atoms. The van der Waals surface area contributed by atoms with E-state index in [-0.39, 0.29) is 12.1 Å². The summed E-state index contributed by atoms with van der Waals surface area (Å²) in [5.74, 6) is 2.01. The molecule has 0 spiro atoms. The van der Waals surface area contributed by atoms with Gasteiger partial charge in [-0.2, -0.15) is 0 Å². The number of carbonyl (C=O) groups excluding carboxylic acids is 1. The Bertz CT molecular complexity index is 1590. The van der Waals surface area contributed by atoms with Gasteiger partial charge < -0.3 is 14.9 Å². The van der Waals surface area contributed by atoms with Crippen LogP contribution < -0.4 is 5.32 Å². The number of carbonyl (C=O) groups is 1. The number of fused-ring (bicyclic) bond motifs is 1. The van der Waals surface area contributed by atoms with Crippen LogP contribution in [-0.4, -0.2) is 50.2 Å². The molecular weight excluding hydrogens is 520 g/mol. The van der Waals surface area contributed by atoms with Gasteiger partial charge in [-0.25, -0.2) is 0 Å². The molecule has 1 saturated heterocycles. The van der Waals surface area contributed by atoms with E-state index in [0.29, 0.717) is 0 Å². The molecule has 1 fully saturated rings. The van der Waals surface area contributed by atoms with Crippen LogP contribution in [0.5, 0.6) is 0 Å². The largest absolute Gasteiger partial charge is 0.361 e.